The summed E-state index contributed by atoms with van der Waals surface area (Å²) in [5.74, 6) is 1.33. The number of halogens is 4. The smallest absolute Gasteiger partial charge is 0.115 e. The number of aromatic nitrogens is 2. The van der Waals surface area contributed by atoms with Gasteiger partial charge in [-0.3, -0.25) is 4.57 Å². The van der Waals surface area contributed by atoms with E-state index in [2.05, 4.69) is 4.98 Å². The molecule has 0 aliphatic heterocycles. The van der Waals surface area contributed by atoms with Crippen LogP contribution >= 0.6 is 46.4 Å². The Kier molecular flexibility index (Phi) is 4.32. The molecule has 6 heteroatoms. The zero-order valence-electron chi connectivity index (χ0n) is 10.8. The normalized spacial score (nSPS) is 11.2. The Morgan fingerprint density at radius 3 is 2.29 bits per heavy atom. The summed E-state index contributed by atoms with van der Waals surface area (Å²) in [6.07, 6.45) is 0.637. The first-order valence-corrected chi connectivity index (χ1v) is 7.94. The monoisotopic (exact) mass is 358 g/mol. The lowest BCUT2D eigenvalue weighted by Gasteiger charge is -2.10. The molecule has 0 amide bonds. The van der Waals surface area contributed by atoms with Crippen LogP contribution in [0.1, 0.15) is 5.82 Å². The van der Waals surface area contributed by atoms with Gasteiger partial charge in [0.1, 0.15) is 5.82 Å². The minimum absolute atomic E-state index is 0.478. The number of alkyl halides is 1. The van der Waals surface area contributed by atoms with E-state index in [0.717, 1.165) is 22.5 Å². The Hall–Kier alpha value is -0.930. The molecule has 0 radical (unpaired) electrons. The van der Waals surface area contributed by atoms with E-state index in [-0.39, 0.29) is 0 Å². The fourth-order valence-electron chi connectivity index (χ4n) is 2.31. The number of aryl methyl sites for hydroxylation is 1. The fraction of sp³-hybridized carbons (Fsp3) is 0.133. The zero-order chi connectivity index (χ0) is 15.0. The first-order valence-electron chi connectivity index (χ1n) is 6.28. The van der Waals surface area contributed by atoms with Crippen LogP contribution in [0.15, 0.2) is 36.4 Å². The molecule has 0 bridgehead atoms. The lowest BCUT2D eigenvalue weighted by atomic mass is 10.2. The summed E-state index contributed by atoms with van der Waals surface area (Å²) >= 11 is 24.2. The van der Waals surface area contributed by atoms with Gasteiger partial charge in [-0.25, -0.2) is 4.98 Å². The first kappa shape index (κ1) is 15.0. The molecular formula is C15H10Cl4N2. The topological polar surface area (TPSA) is 17.8 Å². The second-order valence-electron chi connectivity index (χ2n) is 4.56. The lowest BCUT2D eigenvalue weighted by molar-refractivity contribution is 0.912. The molecule has 1 heterocycles. The SMILES string of the molecule is ClCCc1nc2ccc(Cl)cc2n1-c1cc(Cl)cc(Cl)c1. The van der Waals surface area contributed by atoms with Crippen LogP contribution in [0.4, 0.5) is 0 Å². The van der Waals surface area contributed by atoms with Gasteiger partial charge >= 0.3 is 0 Å². The number of fused-ring (bicyclic) bond motifs is 1. The number of imidazole rings is 1. The summed E-state index contributed by atoms with van der Waals surface area (Å²) in [5, 5.41) is 1.78. The average molecular weight is 360 g/mol. The predicted molar refractivity (Wildman–Crippen MR) is 90.5 cm³/mol. The number of hydrogen-bond acceptors (Lipinski definition) is 1. The highest BCUT2D eigenvalue weighted by molar-refractivity contribution is 6.35. The molecule has 0 saturated carbocycles. The Balaban J connectivity index is 2.32. The van der Waals surface area contributed by atoms with Gasteiger partial charge in [0.15, 0.2) is 0 Å². The van der Waals surface area contributed by atoms with Crippen molar-refractivity contribution in [1.82, 2.24) is 9.55 Å². The molecule has 0 aliphatic rings. The van der Waals surface area contributed by atoms with Gasteiger partial charge in [-0.15, -0.1) is 11.6 Å². The van der Waals surface area contributed by atoms with Crippen LogP contribution in [0.5, 0.6) is 0 Å². The van der Waals surface area contributed by atoms with E-state index in [0.29, 0.717) is 27.4 Å². The molecule has 0 N–H and O–H groups in total. The Morgan fingerprint density at radius 1 is 0.905 bits per heavy atom. The second-order valence-corrected chi connectivity index (χ2v) is 6.25. The van der Waals surface area contributed by atoms with E-state index in [1.807, 2.05) is 34.9 Å². The molecule has 0 atom stereocenters. The van der Waals surface area contributed by atoms with Crippen molar-refractivity contribution >= 4 is 57.4 Å². The van der Waals surface area contributed by atoms with Crippen molar-refractivity contribution in [2.45, 2.75) is 6.42 Å². The van der Waals surface area contributed by atoms with E-state index in [4.69, 9.17) is 46.4 Å². The summed E-state index contributed by atoms with van der Waals surface area (Å²) < 4.78 is 1.99. The van der Waals surface area contributed by atoms with Gasteiger partial charge in [0, 0.05) is 27.4 Å². The van der Waals surface area contributed by atoms with Crippen LogP contribution in [-0.4, -0.2) is 15.4 Å². The Morgan fingerprint density at radius 2 is 1.62 bits per heavy atom. The van der Waals surface area contributed by atoms with E-state index >= 15 is 0 Å². The molecule has 0 unspecified atom stereocenters. The molecule has 2 aromatic carbocycles. The third-order valence-corrected chi connectivity index (χ3v) is 3.97. The quantitative estimate of drug-likeness (QED) is 0.543. The molecule has 108 valence electrons. The molecule has 0 spiro atoms. The van der Waals surface area contributed by atoms with Crippen molar-refractivity contribution in [3.05, 3.63) is 57.3 Å². The van der Waals surface area contributed by atoms with Crippen molar-refractivity contribution in [1.29, 1.82) is 0 Å². The molecule has 0 saturated heterocycles. The van der Waals surface area contributed by atoms with Crippen LogP contribution in [0.2, 0.25) is 15.1 Å². The van der Waals surface area contributed by atoms with Gasteiger partial charge in [0.2, 0.25) is 0 Å². The summed E-state index contributed by atoms with van der Waals surface area (Å²) in [6, 6.07) is 10.9. The van der Waals surface area contributed by atoms with E-state index in [9.17, 15) is 0 Å². The minimum atomic E-state index is 0.478. The third-order valence-electron chi connectivity index (χ3n) is 3.11. The minimum Gasteiger partial charge on any atom is -0.296 e. The highest BCUT2D eigenvalue weighted by Crippen LogP contribution is 2.28. The lowest BCUT2D eigenvalue weighted by Crippen LogP contribution is -2.02. The van der Waals surface area contributed by atoms with Crippen molar-refractivity contribution in [2.24, 2.45) is 0 Å². The largest absolute Gasteiger partial charge is 0.296 e. The maximum atomic E-state index is 6.11. The van der Waals surface area contributed by atoms with Crippen LogP contribution in [-0.2, 0) is 6.42 Å². The Labute approximate surface area is 142 Å². The second kappa shape index (κ2) is 6.05. The standard InChI is InChI=1S/C15H10Cl4N2/c16-4-3-15-20-13-2-1-9(17)8-14(13)21(15)12-6-10(18)5-11(19)7-12/h1-2,5-8H,3-4H2. The number of rotatable bonds is 3. The summed E-state index contributed by atoms with van der Waals surface area (Å²) in [4.78, 5) is 4.61. The first-order chi connectivity index (χ1) is 10.1. The van der Waals surface area contributed by atoms with Crippen LogP contribution in [0, 0.1) is 0 Å². The van der Waals surface area contributed by atoms with E-state index in [1.165, 1.54) is 0 Å². The third kappa shape index (κ3) is 3.00. The van der Waals surface area contributed by atoms with Gasteiger partial charge in [0.25, 0.3) is 0 Å². The van der Waals surface area contributed by atoms with Crippen molar-refractivity contribution < 1.29 is 0 Å². The van der Waals surface area contributed by atoms with Gasteiger partial charge in [-0.2, -0.15) is 0 Å². The molecule has 21 heavy (non-hydrogen) atoms. The number of benzene rings is 2. The van der Waals surface area contributed by atoms with E-state index in [1.54, 1.807) is 6.07 Å². The van der Waals surface area contributed by atoms with Gasteiger partial charge < -0.3 is 0 Å². The fourth-order valence-corrected chi connectivity index (χ4v) is 3.16. The molecule has 3 aromatic rings. The highest BCUT2D eigenvalue weighted by atomic mass is 35.5. The van der Waals surface area contributed by atoms with Crippen LogP contribution in [0.25, 0.3) is 16.7 Å². The van der Waals surface area contributed by atoms with Crippen molar-refractivity contribution in [3.8, 4) is 5.69 Å². The summed E-state index contributed by atoms with van der Waals surface area (Å²) in [6.45, 7) is 0. The van der Waals surface area contributed by atoms with Crippen LogP contribution < -0.4 is 0 Å². The number of hydrogen-bond donors (Lipinski definition) is 0. The Bertz CT molecular complexity index is 791. The van der Waals surface area contributed by atoms with Crippen molar-refractivity contribution in [3.63, 3.8) is 0 Å². The molecular weight excluding hydrogens is 350 g/mol. The maximum Gasteiger partial charge on any atom is 0.115 e. The molecule has 3 rings (SSSR count). The molecule has 0 aliphatic carbocycles. The molecule has 0 fully saturated rings. The van der Waals surface area contributed by atoms with Crippen LogP contribution in [0.3, 0.4) is 0 Å². The summed E-state index contributed by atoms with van der Waals surface area (Å²) in [7, 11) is 0. The maximum absolute atomic E-state index is 6.11. The average Bonchev–Trinajstić information content (AvgIpc) is 2.75. The van der Waals surface area contributed by atoms with Gasteiger partial charge in [0.05, 0.1) is 16.7 Å². The summed E-state index contributed by atoms with van der Waals surface area (Å²) in [5.41, 5.74) is 2.61. The highest BCUT2D eigenvalue weighted by Gasteiger charge is 2.13. The molecule has 2 nitrogen and oxygen atoms in total. The predicted octanol–water partition coefficient (Wildman–Crippen LogP) is 5.77. The van der Waals surface area contributed by atoms with Gasteiger partial charge in [-0.05, 0) is 36.4 Å². The van der Waals surface area contributed by atoms with Crippen molar-refractivity contribution in [2.75, 3.05) is 5.88 Å². The van der Waals surface area contributed by atoms with Gasteiger partial charge in [-0.1, -0.05) is 34.8 Å². The van der Waals surface area contributed by atoms with E-state index < -0.39 is 0 Å². The number of nitrogens with zero attached hydrogens (tertiary/aromatic N) is 2. The molecule has 1 aromatic heterocycles. The zero-order valence-corrected chi connectivity index (χ0v) is 13.8.